The highest BCUT2D eigenvalue weighted by Crippen LogP contribution is 2.29. The summed E-state index contributed by atoms with van der Waals surface area (Å²) in [6.45, 7) is 7.65. The van der Waals surface area contributed by atoms with Gasteiger partial charge >= 0.3 is 0 Å². The van der Waals surface area contributed by atoms with Crippen molar-refractivity contribution in [1.82, 2.24) is 4.90 Å². The number of rotatable bonds is 7. The summed E-state index contributed by atoms with van der Waals surface area (Å²) in [5.41, 5.74) is 5.68. The molecule has 0 bridgehead atoms. The van der Waals surface area contributed by atoms with Crippen LogP contribution in [-0.4, -0.2) is 43.7 Å². The number of carbonyl (C=O) groups is 1. The van der Waals surface area contributed by atoms with Gasteiger partial charge in [-0.2, -0.15) is 0 Å². The second kappa shape index (κ2) is 8.48. The molecule has 0 aromatic rings. The summed E-state index contributed by atoms with van der Waals surface area (Å²) in [5.74, 6) is 1.16. The molecule has 2 N–H and O–H groups in total. The second-order valence-electron chi connectivity index (χ2n) is 5.07. The monoisotopic (exact) mass is 256 g/mol. The molecule has 0 aromatic carbocycles. The van der Waals surface area contributed by atoms with E-state index in [-0.39, 0.29) is 5.92 Å². The zero-order valence-corrected chi connectivity index (χ0v) is 11.9. The van der Waals surface area contributed by atoms with Crippen molar-refractivity contribution in [3.05, 3.63) is 0 Å². The lowest BCUT2D eigenvalue weighted by atomic mass is 9.81. The van der Waals surface area contributed by atoms with Crippen LogP contribution < -0.4 is 5.73 Å². The highest BCUT2D eigenvalue weighted by molar-refractivity contribution is 5.78. The van der Waals surface area contributed by atoms with E-state index in [0.29, 0.717) is 25.0 Å². The van der Waals surface area contributed by atoms with E-state index in [0.717, 1.165) is 45.3 Å². The average molecular weight is 256 g/mol. The predicted molar refractivity (Wildman–Crippen MR) is 73.2 cm³/mol. The second-order valence-corrected chi connectivity index (χ2v) is 5.07. The van der Waals surface area contributed by atoms with Gasteiger partial charge in [0.1, 0.15) is 0 Å². The van der Waals surface area contributed by atoms with Crippen molar-refractivity contribution in [2.75, 3.05) is 32.8 Å². The van der Waals surface area contributed by atoms with Crippen LogP contribution in [0.4, 0.5) is 0 Å². The third-order valence-electron chi connectivity index (χ3n) is 3.93. The lowest BCUT2D eigenvalue weighted by molar-refractivity contribution is -0.137. The van der Waals surface area contributed by atoms with Crippen molar-refractivity contribution in [3.63, 3.8) is 0 Å². The van der Waals surface area contributed by atoms with Crippen molar-refractivity contribution in [2.24, 2.45) is 17.6 Å². The fourth-order valence-electron chi connectivity index (χ4n) is 2.65. The Kier molecular flexibility index (Phi) is 7.28. The molecular weight excluding hydrogens is 228 g/mol. The highest BCUT2D eigenvalue weighted by atomic mass is 16.5. The van der Waals surface area contributed by atoms with Crippen LogP contribution in [0, 0.1) is 11.8 Å². The van der Waals surface area contributed by atoms with Gasteiger partial charge in [0.05, 0.1) is 6.61 Å². The first-order chi connectivity index (χ1) is 8.72. The molecule has 4 heteroatoms. The van der Waals surface area contributed by atoms with Crippen LogP contribution in [-0.2, 0) is 9.53 Å². The molecule has 0 atom stereocenters. The fourth-order valence-corrected chi connectivity index (χ4v) is 2.65. The molecule has 18 heavy (non-hydrogen) atoms. The summed E-state index contributed by atoms with van der Waals surface area (Å²) in [7, 11) is 0. The normalized spacial score (nSPS) is 23.9. The number of hydrogen-bond donors (Lipinski definition) is 1. The molecule has 1 saturated carbocycles. The van der Waals surface area contributed by atoms with Gasteiger partial charge in [-0.15, -0.1) is 0 Å². The summed E-state index contributed by atoms with van der Waals surface area (Å²) in [4.78, 5) is 14.3. The van der Waals surface area contributed by atoms with Gasteiger partial charge in [0.15, 0.2) is 0 Å². The molecule has 1 aliphatic rings. The molecule has 0 saturated heterocycles. The van der Waals surface area contributed by atoms with E-state index >= 15 is 0 Å². The summed E-state index contributed by atoms with van der Waals surface area (Å²) in [5, 5.41) is 0. The molecule has 0 unspecified atom stereocenters. The standard InChI is InChI=1S/C14H28N2O2/c1-3-16(9-10-18-4-2)14(17)13-7-5-12(11-15)6-8-13/h12-13H,3-11,15H2,1-2H3. The molecule has 0 aliphatic heterocycles. The van der Waals surface area contributed by atoms with Crippen LogP contribution in [0.25, 0.3) is 0 Å². The van der Waals surface area contributed by atoms with Gasteiger partial charge in [0, 0.05) is 25.6 Å². The summed E-state index contributed by atoms with van der Waals surface area (Å²) in [6.07, 6.45) is 4.23. The zero-order valence-electron chi connectivity index (χ0n) is 11.9. The van der Waals surface area contributed by atoms with Crippen LogP contribution in [0.1, 0.15) is 39.5 Å². The first kappa shape index (κ1) is 15.4. The molecule has 1 aliphatic carbocycles. The van der Waals surface area contributed by atoms with Gasteiger partial charge in [0.2, 0.25) is 5.91 Å². The molecular formula is C14H28N2O2. The fraction of sp³-hybridized carbons (Fsp3) is 0.929. The van der Waals surface area contributed by atoms with Crippen molar-refractivity contribution in [3.8, 4) is 0 Å². The van der Waals surface area contributed by atoms with E-state index in [1.165, 1.54) is 0 Å². The topological polar surface area (TPSA) is 55.6 Å². The minimum atomic E-state index is 0.217. The first-order valence-corrected chi connectivity index (χ1v) is 7.29. The summed E-state index contributed by atoms with van der Waals surface area (Å²) >= 11 is 0. The average Bonchev–Trinajstić information content (AvgIpc) is 2.43. The Hall–Kier alpha value is -0.610. The van der Waals surface area contributed by atoms with Crippen LogP contribution in [0.15, 0.2) is 0 Å². The highest BCUT2D eigenvalue weighted by Gasteiger charge is 2.28. The molecule has 1 rings (SSSR count). The van der Waals surface area contributed by atoms with Crippen LogP contribution >= 0.6 is 0 Å². The van der Waals surface area contributed by atoms with Crippen molar-refractivity contribution < 1.29 is 9.53 Å². The van der Waals surface area contributed by atoms with E-state index < -0.39 is 0 Å². The van der Waals surface area contributed by atoms with Gasteiger partial charge in [-0.05, 0) is 52.0 Å². The summed E-state index contributed by atoms with van der Waals surface area (Å²) < 4.78 is 5.33. The maximum Gasteiger partial charge on any atom is 0.225 e. The van der Waals surface area contributed by atoms with Gasteiger partial charge in [-0.1, -0.05) is 0 Å². The third-order valence-corrected chi connectivity index (χ3v) is 3.93. The van der Waals surface area contributed by atoms with Crippen LogP contribution in [0.2, 0.25) is 0 Å². The number of ether oxygens (including phenoxy) is 1. The van der Waals surface area contributed by atoms with E-state index in [1.54, 1.807) is 0 Å². The van der Waals surface area contributed by atoms with Crippen molar-refractivity contribution >= 4 is 5.91 Å². The van der Waals surface area contributed by atoms with Crippen LogP contribution in [0.5, 0.6) is 0 Å². The number of carbonyl (C=O) groups excluding carboxylic acids is 1. The van der Waals surface area contributed by atoms with E-state index in [9.17, 15) is 4.79 Å². The Balaban J connectivity index is 2.37. The molecule has 0 radical (unpaired) electrons. The van der Waals surface area contributed by atoms with Crippen molar-refractivity contribution in [1.29, 1.82) is 0 Å². The van der Waals surface area contributed by atoms with Gasteiger partial charge in [-0.3, -0.25) is 4.79 Å². The Bertz CT molecular complexity index is 231. The summed E-state index contributed by atoms with van der Waals surface area (Å²) in [6, 6.07) is 0. The number of hydrogen-bond acceptors (Lipinski definition) is 3. The minimum Gasteiger partial charge on any atom is -0.380 e. The number of amides is 1. The molecule has 106 valence electrons. The Morgan fingerprint density at radius 2 is 1.94 bits per heavy atom. The lowest BCUT2D eigenvalue weighted by Crippen LogP contribution is -2.40. The minimum absolute atomic E-state index is 0.217. The first-order valence-electron chi connectivity index (χ1n) is 7.29. The van der Waals surface area contributed by atoms with E-state index in [4.69, 9.17) is 10.5 Å². The quantitative estimate of drug-likeness (QED) is 0.704. The SMILES string of the molecule is CCOCCN(CC)C(=O)C1CCC(CN)CC1. The number of likely N-dealkylation sites (N-methyl/N-ethyl adjacent to an activating group) is 1. The molecule has 1 amide bonds. The lowest BCUT2D eigenvalue weighted by Gasteiger charge is -2.31. The number of nitrogens with zero attached hydrogens (tertiary/aromatic N) is 1. The maximum atomic E-state index is 12.4. The number of nitrogens with two attached hydrogens (primary N) is 1. The Morgan fingerprint density at radius 1 is 1.28 bits per heavy atom. The Labute approximate surface area is 111 Å². The smallest absolute Gasteiger partial charge is 0.225 e. The van der Waals surface area contributed by atoms with Crippen molar-refractivity contribution in [2.45, 2.75) is 39.5 Å². The van der Waals surface area contributed by atoms with E-state index in [1.807, 2.05) is 18.7 Å². The zero-order chi connectivity index (χ0) is 13.4. The van der Waals surface area contributed by atoms with Gasteiger partial charge in [-0.25, -0.2) is 0 Å². The molecule has 0 spiro atoms. The molecule has 0 heterocycles. The molecule has 4 nitrogen and oxygen atoms in total. The van der Waals surface area contributed by atoms with E-state index in [2.05, 4.69) is 0 Å². The third kappa shape index (κ3) is 4.58. The van der Waals surface area contributed by atoms with Crippen LogP contribution in [0.3, 0.4) is 0 Å². The Morgan fingerprint density at radius 3 is 2.44 bits per heavy atom. The van der Waals surface area contributed by atoms with Gasteiger partial charge < -0.3 is 15.4 Å². The molecule has 0 aromatic heterocycles. The van der Waals surface area contributed by atoms with Gasteiger partial charge in [0.25, 0.3) is 0 Å². The maximum absolute atomic E-state index is 12.4. The predicted octanol–water partition coefficient (Wildman–Crippen LogP) is 1.64. The molecule has 1 fully saturated rings. The largest absolute Gasteiger partial charge is 0.380 e.